The monoisotopic (exact) mass is 448 g/mol. The Morgan fingerprint density at radius 3 is 2.45 bits per heavy atom. The number of benzene rings is 1. The number of amides is 2. The highest BCUT2D eigenvalue weighted by atomic mass is 16.5. The Morgan fingerprint density at radius 1 is 1.18 bits per heavy atom. The fraction of sp³-hybridized carbons (Fsp3) is 0.375. The van der Waals surface area contributed by atoms with Gasteiger partial charge in [-0.2, -0.15) is 0 Å². The van der Waals surface area contributed by atoms with Crippen LogP contribution in [0.5, 0.6) is 5.75 Å². The van der Waals surface area contributed by atoms with Gasteiger partial charge in [-0.1, -0.05) is 0 Å². The number of piperidine rings is 1. The molecule has 2 aliphatic heterocycles. The lowest BCUT2D eigenvalue weighted by atomic mass is 9.77. The molecular formula is C24H28N6O3. The molecule has 2 fully saturated rings. The Labute approximate surface area is 192 Å². The minimum Gasteiger partial charge on any atom is -0.496 e. The second kappa shape index (κ2) is 9.01. The third kappa shape index (κ3) is 4.06. The van der Waals surface area contributed by atoms with Gasteiger partial charge >= 0.3 is 0 Å². The van der Waals surface area contributed by atoms with E-state index >= 15 is 0 Å². The number of aryl methyl sites for hydroxylation is 1. The SMILES string of the molecule is COc1cc(N2CCC3(CCN(C(=O)c4cnc(C)nc4)CC3)C2=O)ccc1/C(C=N)=C/N. The maximum absolute atomic E-state index is 13.5. The molecule has 2 amide bonds. The summed E-state index contributed by atoms with van der Waals surface area (Å²) in [6, 6.07) is 5.49. The molecule has 3 heterocycles. The number of anilines is 1. The predicted octanol–water partition coefficient (Wildman–Crippen LogP) is 2.40. The Hall–Kier alpha value is -3.75. The van der Waals surface area contributed by atoms with E-state index in [1.54, 1.807) is 36.2 Å². The lowest BCUT2D eigenvalue weighted by molar-refractivity contribution is -0.127. The third-order valence-electron chi connectivity index (χ3n) is 6.69. The van der Waals surface area contributed by atoms with E-state index in [-0.39, 0.29) is 11.8 Å². The zero-order chi connectivity index (χ0) is 23.6. The summed E-state index contributed by atoms with van der Waals surface area (Å²) < 4.78 is 5.50. The predicted molar refractivity (Wildman–Crippen MR) is 125 cm³/mol. The quantitative estimate of drug-likeness (QED) is 0.677. The number of rotatable bonds is 5. The van der Waals surface area contributed by atoms with Gasteiger partial charge in [0.2, 0.25) is 5.91 Å². The molecule has 2 aromatic rings. The molecule has 9 heteroatoms. The molecule has 3 N–H and O–H groups in total. The summed E-state index contributed by atoms with van der Waals surface area (Å²) in [5, 5.41) is 7.53. The molecule has 0 atom stereocenters. The van der Waals surface area contributed by atoms with Crippen LogP contribution in [0.1, 0.15) is 41.0 Å². The first-order valence-corrected chi connectivity index (χ1v) is 10.9. The average molecular weight is 449 g/mol. The van der Waals surface area contributed by atoms with Gasteiger partial charge in [0.15, 0.2) is 0 Å². The van der Waals surface area contributed by atoms with E-state index in [4.69, 9.17) is 15.9 Å². The molecule has 0 saturated carbocycles. The van der Waals surface area contributed by atoms with Crippen molar-refractivity contribution in [3.63, 3.8) is 0 Å². The van der Waals surface area contributed by atoms with Crippen molar-refractivity contribution in [2.24, 2.45) is 11.1 Å². The molecule has 4 rings (SSSR count). The molecule has 1 aromatic carbocycles. The van der Waals surface area contributed by atoms with Gasteiger partial charge in [0.05, 0.1) is 18.1 Å². The maximum atomic E-state index is 13.5. The minimum absolute atomic E-state index is 0.0877. The highest BCUT2D eigenvalue weighted by Gasteiger charge is 2.49. The van der Waals surface area contributed by atoms with Crippen molar-refractivity contribution in [3.05, 3.63) is 53.7 Å². The summed E-state index contributed by atoms with van der Waals surface area (Å²) in [5.41, 5.74) is 7.64. The van der Waals surface area contributed by atoms with Crippen LogP contribution in [-0.2, 0) is 4.79 Å². The van der Waals surface area contributed by atoms with Gasteiger partial charge in [-0.25, -0.2) is 9.97 Å². The average Bonchev–Trinajstić information content (AvgIpc) is 3.16. The summed E-state index contributed by atoms with van der Waals surface area (Å²) in [6.45, 7) is 3.45. The molecule has 0 radical (unpaired) electrons. The lowest BCUT2D eigenvalue weighted by Gasteiger charge is -2.38. The van der Waals surface area contributed by atoms with Crippen molar-refractivity contribution in [1.82, 2.24) is 14.9 Å². The van der Waals surface area contributed by atoms with Gasteiger partial charge in [0.25, 0.3) is 5.91 Å². The van der Waals surface area contributed by atoms with E-state index < -0.39 is 5.41 Å². The number of nitrogens with zero attached hydrogens (tertiary/aromatic N) is 4. The first-order valence-electron chi connectivity index (χ1n) is 10.9. The van der Waals surface area contributed by atoms with Crippen LogP contribution < -0.4 is 15.4 Å². The van der Waals surface area contributed by atoms with Crippen LogP contribution in [0.25, 0.3) is 5.57 Å². The van der Waals surface area contributed by atoms with E-state index in [1.807, 2.05) is 18.2 Å². The largest absolute Gasteiger partial charge is 0.496 e. The molecule has 1 aromatic heterocycles. The number of hydrogen-bond donors (Lipinski definition) is 2. The van der Waals surface area contributed by atoms with Gasteiger partial charge in [-0.3, -0.25) is 9.59 Å². The molecule has 33 heavy (non-hydrogen) atoms. The van der Waals surface area contributed by atoms with Gasteiger partial charge < -0.3 is 25.7 Å². The van der Waals surface area contributed by atoms with E-state index in [1.165, 1.54) is 12.4 Å². The lowest BCUT2D eigenvalue weighted by Crippen LogP contribution is -2.46. The highest BCUT2D eigenvalue weighted by molar-refractivity contribution is 6.09. The van der Waals surface area contributed by atoms with Crippen molar-refractivity contribution in [1.29, 1.82) is 5.41 Å². The Balaban J connectivity index is 1.48. The second-order valence-corrected chi connectivity index (χ2v) is 8.45. The highest BCUT2D eigenvalue weighted by Crippen LogP contribution is 2.44. The molecule has 2 aliphatic rings. The molecule has 9 nitrogen and oxygen atoms in total. The summed E-state index contributed by atoms with van der Waals surface area (Å²) in [6.07, 6.45) is 7.65. The van der Waals surface area contributed by atoms with Crippen molar-refractivity contribution in [2.75, 3.05) is 31.6 Å². The maximum Gasteiger partial charge on any atom is 0.256 e. The minimum atomic E-state index is -0.455. The molecule has 1 spiro atoms. The van der Waals surface area contributed by atoms with Crippen LogP contribution in [0.4, 0.5) is 5.69 Å². The van der Waals surface area contributed by atoms with Crippen LogP contribution in [0, 0.1) is 17.7 Å². The molecular weight excluding hydrogens is 420 g/mol. The number of nitrogens with two attached hydrogens (primary N) is 1. The number of likely N-dealkylation sites (tertiary alicyclic amines) is 1. The Kier molecular flexibility index (Phi) is 6.13. The van der Waals surface area contributed by atoms with Crippen LogP contribution in [0.15, 0.2) is 36.8 Å². The number of carbonyl (C=O) groups is 2. The molecule has 172 valence electrons. The van der Waals surface area contributed by atoms with Crippen molar-refractivity contribution < 1.29 is 14.3 Å². The van der Waals surface area contributed by atoms with Crippen molar-refractivity contribution in [3.8, 4) is 5.75 Å². The molecule has 0 bridgehead atoms. The zero-order valence-electron chi connectivity index (χ0n) is 18.9. The van der Waals surface area contributed by atoms with Crippen molar-refractivity contribution >= 4 is 29.3 Å². The first kappa shape index (κ1) is 22.4. The topological polar surface area (TPSA) is 125 Å². The van der Waals surface area contributed by atoms with Crippen LogP contribution >= 0.6 is 0 Å². The molecule has 2 saturated heterocycles. The smallest absolute Gasteiger partial charge is 0.256 e. The second-order valence-electron chi connectivity index (χ2n) is 8.45. The number of aromatic nitrogens is 2. The van der Waals surface area contributed by atoms with Gasteiger partial charge in [-0.15, -0.1) is 0 Å². The molecule has 0 unspecified atom stereocenters. The zero-order valence-corrected chi connectivity index (χ0v) is 18.9. The Bertz CT molecular complexity index is 1100. The number of allylic oxidation sites excluding steroid dienone is 1. The van der Waals surface area contributed by atoms with Crippen LogP contribution in [0.3, 0.4) is 0 Å². The third-order valence-corrected chi connectivity index (χ3v) is 6.69. The fourth-order valence-electron chi connectivity index (χ4n) is 4.66. The van der Waals surface area contributed by atoms with Gasteiger partial charge in [-0.05, 0) is 38.3 Å². The first-order chi connectivity index (χ1) is 15.9. The normalized spacial score (nSPS) is 18.0. The van der Waals surface area contributed by atoms with E-state index in [0.717, 1.165) is 12.1 Å². The van der Waals surface area contributed by atoms with E-state index in [2.05, 4.69) is 9.97 Å². The standard InChI is InChI=1S/C24H28N6O3/c1-16-27-14-18(15-28-16)22(31)29-8-5-24(6-9-29)7-10-30(23(24)32)19-3-4-20(17(12-25)13-26)21(11-19)33-2/h3-4,11-15,25H,5-10,26H2,1-2H3/b17-13+,25-12?. The fourth-order valence-corrected chi connectivity index (χ4v) is 4.66. The van der Waals surface area contributed by atoms with Gasteiger partial charge in [0.1, 0.15) is 11.6 Å². The van der Waals surface area contributed by atoms with Crippen LogP contribution in [0.2, 0.25) is 0 Å². The number of nitrogens with one attached hydrogen (secondary N) is 1. The summed E-state index contributed by atoms with van der Waals surface area (Å²) in [4.78, 5) is 38.1. The van der Waals surface area contributed by atoms with E-state index in [0.29, 0.717) is 60.7 Å². The van der Waals surface area contributed by atoms with Crippen LogP contribution in [-0.4, -0.2) is 59.6 Å². The summed E-state index contributed by atoms with van der Waals surface area (Å²) in [5.74, 6) is 1.17. The summed E-state index contributed by atoms with van der Waals surface area (Å²) in [7, 11) is 1.56. The number of hydrogen-bond acceptors (Lipinski definition) is 7. The summed E-state index contributed by atoms with van der Waals surface area (Å²) >= 11 is 0. The number of ether oxygens (including phenoxy) is 1. The Morgan fingerprint density at radius 2 is 1.85 bits per heavy atom. The number of methoxy groups -OCH3 is 1. The van der Waals surface area contributed by atoms with E-state index in [9.17, 15) is 9.59 Å². The van der Waals surface area contributed by atoms with Gasteiger partial charge in [0, 0.05) is 67.3 Å². The number of carbonyl (C=O) groups excluding carboxylic acids is 2. The molecule has 0 aliphatic carbocycles. The van der Waals surface area contributed by atoms with Crippen molar-refractivity contribution in [2.45, 2.75) is 26.2 Å².